The summed E-state index contributed by atoms with van der Waals surface area (Å²) in [5.74, 6) is -1.44. The number of nitrogens with two attached hydrogens (primary N) is 1. The van der Waals surface area contributed by atoms with Crippen molar-refractivity contribution >= 4 is 5.97 Å². The van der Waals surface area contributed by atoms with Gasteiger partial charge in [0.1, 0.15) is 0 Å². The zero-order chi connectivity index (χ0) is 9.40. The van der Waals surface area contributed by atoms with E-state index in [-0.39, 0.29) is 0 Å². The number of quaternary nitrogens is 1. The number of morpholine rings is 1. The van der Waals surface area contributed by atoms with Crippen molar-refractivity contribution in [2.75, 3.05) is 26.3 Å². The van der Waals surface area contributed by atoms with Gasteiger partial charge >= 0.3 is 0 Å². The van der Waals surface area contributed by atoms with Crippen LogP contribution in [0.3, 0.4) is 0 Å². The molecule has 5 nitrogen and oxygen atoms in total. The van der Waals surface area contributed by atoms with E-state index in [4.69, 9.17) is 9.84 Å². The number of ether oxygens (including phenoxy) is 1. The molecule has 0 spiro atoms. The van der Waals surface area contributed by atoms with Gasteiger partial charge in [-0.05, 0) is 6.92 Å². The van der Waals surface area contributed by atoms with Crippen LogP contribution in [0.1, 0.15) is 6.92 Å². The first-order chi connectivity index (χ1) is 5.64. The van der Waals surface area contributed by atoms with Crippen molar-refractivity contribution in [1.82, 2.24) is 0 Å². The van der Waals surface area contributed by atoms with Gasteiger partial charge in [-0.1, -0.05) is 0 Å². The number of rotatable bonds is 1. The first-order valence-electron chi connectivity index (χ1n) is 3.93. The number of carboxylic acid groups (broad SMARTS) is 1. The fraction of sp³-hybridized carbons (Fsp3) is 0.857. The Labute approximate surface area is 71.3 Å². The van der Waals surface area contributed by atoms with Crippen molar-refractivity contribution in [2.24, 2.45) is 0 Å². The van der Waals surface area contributed by atoms with Crippen LogP contribution in [0.5, 0.6) is 0 Å². The van der Waals surface area contributed by atoms with Crippen LogP contribution in [0.2, 0.25) is 0 Å². The van der Waals surface area contributed by atoms with Gasteiger partial charge in [-0.2, -0.15) is 0 Å². The van der Waals surface area contributed by atoms with E-state index in [1.54, 1.807) is 0 Å². The molecule has 0 aromatic heterocycles. The van der Waals surface area contributed by atoms with Gasteiger partial charge in [-0.25, -0.2) is 0 Å². The number of hydrogen-bond donors (Lipinski definition) is 2. The van der Waals surface area contributed by atoms with Crippen LogP contribution in [0, 0.1) is 0 Å². The maximum Gasteiger partial charge on any atom is 0.0993 e. The lowest BCUT2D eigenvalue weighted by molar-refractivity contribution is -0.670. The first-order valence-corrected chi connectivity index (χ1v) is 3.93. The first kappa shape index (κ1) is 11.4. The Morgan fingerprint density at radius 1 is 1.58 bits per heavy atom. The Bertz CT molecular complexity index is 111. The summed E-state index contributed by atoms with van der Waals surface area (Å²) in [6, 6.07) is 0. The molecule has 1 saturated heterocycles. The normalized spacial score (nSPS) is 18.8. The summed E-state index contributed by atoms with van der Waals surface area (Å²) >= 11 is 0. The molecule has 1 unspecified atom stereocenters. The quantitative estimate of drug-likeness (QED) is 0.439. The lowest BCUT2D eigenvalue weighted by atomic mass is 10.4. The second kappa shape index (κ2) is 7.02. The smallest absolute Gasteiger partial charge is 0.0993 e. The van der Waals surface area contributed by atoms with Crippen LogP contribution in [0.15, 0.2) is 0 Å². The van der Waals surface area contributed by atoms with E-state index in [2.05, 4.69) is 5.32 Å². The molecule has 0 amide bonds. The molecule has 1 aliphatic rings. The molecular formula is C7H15NO4. The lowest BCUT2D eigenvalue weighted by Gasteiger charge is -2.07. The van der Waals surface area contributed by atoms with Gasteiger partial charge in [0.15, 0.2) is 0 Å². The molecule has 12 heavy (non-hydrogen) atoms. The molecule has 0 aliphatic carbocycles. The molecule has 0 aromatic rings. The number of aliphatic hydroxyl groups is 1. The molecule has 1 heterocycles. The Hall–Kier alpha value is -0.650. The monoisotopic (exact) mass is 177 g/mol. The summed E-state index contributed by atoms with van der Waals surface area (Å²) < 4.78 is 5.04. The number of aliphatic carboxylic acids is 1. The zero-order valence-corrected chi connectivity index (χ0v) is 7.16. The Morgan fingerprint density at radius 2 is 2.00 bits per heavy atom. The highest BCUT2D eigenvalue weighted by Crippen LogP contribution is 1.69. The van der Waals surface area contributed by atoms with E-state index in [0.717, 1.165) is 33.2 Å². The minimum Gasteiger partial charge on any atom is -0.547 e. The van der Waals surface area contributed by atoms with Crippen LogP contribution in [-0.2, 0) is 9.53 Å². The Balaban J connectivity index is 0.000000202. The maximum atomic E-state index is 9.34. The third kappa shape index (κ3) is 7.46. The predicted octanol–water partition coefficient (Wildman–Crippen LogP) is -3.30. The fourth-order valence-corrected chi connectivity index (χ4v) is 0.580. The molecule has 72 valence electrons. The van der Waals surface area contributed by atoms with Crippen molar-refractivity contribution in [1.29, 1.82) is 0 Å². The summed E-state index contributed by atoms with van der Waals surface area (Å²) in [5, 5.41) is 19.6. The number of carbonyl (C=O) groups is 1. The molecule has 1 fully saturated rings. The predicted molar refractivity (Wildman–Crippen MR) is 39.2 cm³/mol. The molecule has 0 saturated carbocycles. The van der Waals surface area contributed by atoms with E-state index < -0.39 is 12.1 Å². The topological polar surface area (TPSA) is 86.2 Å². The van der Waals surface area contributed by atoms with Crippen molar-refractivity contribution in [2.45, 2.75) is 13.0 Å². The Morgan fingerprint density at radius 3 is 2.08 bits per heavy atom. The molecule has 1 atom stereocenters. The van der Waals surface area contributed by atoms with E-state index in [1.165, 1.54) is 0 Å². The number of aliphatic hydroxyl groups excluding tert-OH is 1. The molecule has 0 radical (unpaired) electrons. The second-order valence-electron chi connectivity index (χ2n) is 2.47. The SMILES string of the molecule is C1COCC[NH2+]1.CC(O)C(=O)[O-]. The minimum atomic E-state index is -1.44. The van der Waals surface area contributed by atoms with Gasteiger partial charge in [-0.15, -0.1) is 0 Å². The van der Waals surface area contributed by atoms with Crippen molar-refractivity contribution in [3.63, 3.8) is 0 Å². The average molecular weight is 177 g/mol. The van der Waals surface area contributed by atoms with Gasteiger partial charge in [-0.3, -0.25) is 0 Å². The summed E-state index contributed by atoms with van der Waals surface area (Å²) in [4.78, 5) is 9.34. The minimum absolute atomic E-state index is 0.944. The lowest BCUT2D eigenvalue weighted by Crippen LogP contribution is -2.87. The second-order valence-corrected chi connectivity index (χ2v) is 2.47. The summed E-state index contributed by atoms with van der Waals surface area (Å²) in [6.07, 6.45) is -1.34. The van der Waals surface area contributed by atoms with Crippen molar-refractivity contribution in [3.05, 3.63) is 0 Å². The molecule has 1 rings (SSSR count). The molecular weight excluding hydrogens is 162 g/mol. The summed E-state index contributed by atoms with van der Waals surface area (Å²) in [5.41, 5.74) is 0. The standard InChI is InChI=1S/C4H9NO.C3H6O3/c1-3-6-4-2-5-1;1-2(4)3(5)6/h5H,1-4H2;2,4H,1H3,(H,5,6). The van der Waals surface area contributed by atoms with Crippen LogP contribution < -0.4 is 10.4 Å². The third-order valence-corrected chi connectivity index (χ3v) is 1.27. The summed E-state index contributed by atoms with van der Waals surface area (Å²) in [7, 11) is 0. The van der Waals surface area contributed by atoms with E-state index >= 15 is 0 Å². The number of carboxylic acids is 1. The molecule has 3 N–H and O–H groups in total. The zero-order valence-electron chi connectivity index (χ0n) is 7.16. The molecule has 0 bridgehead atoms. The van der Waals surface area contributed by atoms with E-state index in [1.807, 2.05) is 0 Å². The number of hydrogen-bond acceptors (Lipinski definition) is 4. The summed E-state index contributed by atoms with van der Waals surface area (Å²) in [6.45, 7) is 5.33. The van der Waals surface area contributed by atoms with Crippen LogP contribution >= 0.6 is 0 Å². The van der Waals surface area contributed by atoms with Gasteiger partial charge in [0, 0.05) is 0 Å². The van der Waals surface area contributed by atoms with Gasteiger partial charge in [0.05, 0.1) is 38.4 Å². The fourth-order valence-electron chi connectivity index (χ4n) is 0.580. The highest BCUT2D eigenvalue weighted by molar-refractivity contribution is 5.68. The average Bonchev–Trinajstić information content (AvgIpc) is 2.08. The van der Waals surface area contributed by atoms with Crippen LogP contribution in [-0.4, -0.2) is 43.5 Å². The Kier molecular flexibility index (Phi) is 6.64. The molecule has 5 heteroatoms. The molecule has 0 aromatic carbocycles. The van der Waals surface area contributed by atoms with Gasteiger partial charge in [0.2, 0.25) is 0 Å². The van der Waals surface area contributed by atoms with Crippen LogP contribution in [0.4, 0.5) is 0 Å². The van der Waals surface area contributed by atoms with E-state index in [0.29, 0.717) is 0 Å². The van der Waals surface area contributed by atoms with Crippen LogP contribution in [0.25, 0.3) is 0 Å². The third-order valence-electron chi connectivity index (χ3n) is 1.27. The highest BCUT2D eigenvalue weighted by atomic mass is 16.5. The van der Waals surface area contributed by atoms with Crippen molar-refractivity contribution < 1.29 is 25.1 Å². The van der Waals surface area contributed by atoms with Crippen molar-refractivity contribution in [3.8, 4) is 0 Å². The number of carbonyl (C=O) groups excluding carboxylic acids is 1. The van der Waals surface area contributed by atoms with Gasteiger partial charge < -0.3 is 25.1 Å². The largest absolute Gasteiger partial charge is 0.547 e. The highest BCUT2D eigenvalue weighted by Gasteiger charge is 1.96. The maximum absolute atomic E-state index is 9.34. The molecule has 1 aliphatic heterocycles. The van der Waals surface area contributed by atoms with Gasteiger partial charge in [0.25, 0.3) is 0 Å². The van der Waals surface area contributed by atoms with E-state index in [9.17, 15) is 9.90 Å².